The molecule has 2 rings (SSSR count). The summed E-state index contributed by atoms with van der Waals surface area (Å²) in [5.41, 5.74) is -0.532. The van der Waals surface area contributed by atoms with Gasteiger partial charge < -0.3 is 5.11 Å². The van der Waals surface area contributed by atoms with Crippen molar-refractivity contribution in [3.8, 4) is 0 Å². The Kier molecular flexibility index (Phi) is 3.66. The minimum absolute atomic E-state index is 0.172. The molecule has 0 amide bonds. The molecule has 1 aliphatic rings. The molecule has 0 aliphatic heterocycles. The quantitative estimate of drug-likeness (QED) is 0.675. The zero-order chi connectivity index (χ0) is 13.2. The van der Waals surface area contributed by atoms with Gasteiger partial charge in [0, 0.05) is 12.6 Å². The minimum Gasteiger partial charge on any atom is -0.480 e. The van der Waals surface area contributed by atoms with E-state index in [-0.39, 0.29) is 12.2 Å². The zero-order valence-electron chi connectivity index (χ0n) is 9.86. The van der Waals surface area contributed by atoms with Gasteiger partial charge in [0.25, 0.3) is 0 Å². The number of rotatable bonds is 3. The maximum atomic E-state index is 12.0. The lowest BCUT2D eigenvalue weighted by Gasteiger charge is -2.31. The van der Waals surface area contributed by atoms with E-state index in [1.807, 2.05) is 0 Å². The molecular formula is C13H14ClNO3. The molecule has 1 fully saturated rings. The Morgan fingerprint density at radius 1 is 1.50 bits per heavy atom. The number of Topliss-reactive ketones (excluding diaryl/α,β-unsaturated/α-hetero) is 1. The Bertz CT molecular complexity index is 489. The number of carboxylic acid groups (broad SMARTS) is 1. The van der Waals surface area contributed by atoms with Gasteiger partial charge in [0.05, 0.1) is 0 Å². The standard InChI is InChI=1S/C13H14ClNO3/c14-11-7-9(4-6-15-11)8-13(12(17)18)5-2-1-3-10(13)16/h4,6-7H,1-3,5,8H2,(H,17,18). The molecule has 1 saturated carbocycles. The van der Waals surface area contributed by atoms with Gasteiger partial charge in [0.15, 0.2) is 5.78 Å². The van der Waals surface area contributed by atoms with Crippen molar-refractivity contribution >= 4 is 23.4 Å². The number of carbonyl (C=O) groups is 2. The number of carboxylic acids is 1. The Morgan fingerprint density at radius 2 is 2.28 bits per heavy atom. The zero-order valence-corrected chi connectivity index (χ0v) is 10.6. The molecule has 5 heteroatoms. The molecule has 0 spiro atoms. The summed E-state index contributed by atoms with van der Waals surface area (Å²) in [6, 6.07) is 3.33. The van der Waals surface area contributed by atoms with Gasteiger partial charge in [-0.1, -0.05) is 18.0 Å². The van der Waals surface area contributed by atoms with Crippen molar-refractivity contribution in [2.45, 2.75) is 32.1 Å². The molecule has 18 heavy (non-hydrogen) atoms. The SMILES string of the molecule is O=C(O)C1(Cc2ccnc(Cl)c2)CCCCC1=O. The fraction of sp³-hybridized carbons (Fsp3) is 0.462. The van der Waals surface area contributed by atoms with Crippen molar-refractivity contribution in [2.75, 3.05) is 0 Å². The number of ketones is 1. The van der Waals surface area contributed by atoms with E-state index in [1.165, 1.54) is 6.20 Å². The van der Waals surface area contributed by atoms with Gasteiger partial charge in [-0.05, 0) is 37.0 Å². The van der Waals surface area contributed by atoms with Crippen LogP contribution in [0.3, 0.4) is 0 Å². The van der Waals surface area contributed by atoms with E-state index in [0.717, 1.165) is 18.4 Å². The topological polar surface area (TPSA) is 67.3 Å². The van der Waals surface area contributed by atoms with Gasteiger partial charge in [0.2, 0.25) is 0 Å². The summed E-state index contributed by atoms with van der Waals surface area (Å²) >= 11 is 5.78. The van der Waals surface area contributed by atoms with Gasteiger partial charge in [-0.15, -0.1) is 0 Å². The summed E-state index contributed by atoms with van der Waals surface area (Å²) in [6.07, 6.45) is 4.04. The number of nitrogens with zero attached hydrogens (tertiary/aromatic N) is 1. The van der Waals surface area contributed by atoms with E-state index in [2.05, 4.69) is 4.98 Å². The van der Waals surface area contributed by atoms with E-state index in [9.17, 15) is 14.7 Å². The van der Waals surface area contributed by atoms with Crippen LogP contribution in [-0.4, -0.2) is 21.8 Å². The average Bonchev–Trinajstić information content (AvgIpc) is 2.32. The number of halogens is 1. The maximum Gasteiger partial charge on any atom is 0.317 e. The van der Waals surface area contributed by atoms with Crippen LogP contribution in [0.2, 0.25) is 5.15 Å². The Balaban J connectivity index is 2.31. The second kappa shape index (κ2) is 5.06. The molecule has 1 atom stereocenters. The number of aromatic nitrogens is 1. The lowest BCUT2D eigenvalue weighted by molar-refractivity contribution is -0.157. The van der Waals surface area contributed by atoms with Crippen LogP contribution in [-0.2, 0) is 16.0 Å². The van der Waals surface area contributed by atoms with Crippen LogP contribution in [0, 0.1) is 5.41 Å². The first-order chi connectivity index (χ1) is 8.54. The summed E-state index contributed by atoms with van der Waals surface area (Å²) in [5.74, 6) is -1.20. The molecule has 96 valence electrons. The third-order valence-corrected chi connectivity index (χ3v) is 3.70. The number of hydrogen-bond donors (Lipinski definition) is 1. The van der Waals surface area contributed by atoms with Crippen molar-refractivity contribution in [1.29, 1.82) is 0 Å². The second-order valence-electron chi connectivity index (χ2n) is 4.68. The van der Waals surface area contributed by atoms with Gasteiger partial charge in [-0.2, -0.15) is 0 Å². The number of pyridine rings is 1. The Labute approximate surface area is 110 Å². The molecule has 1 aliphatic carbocycles. The van der Waals surface area contributed by atoms with Crippen molar-refractivity contribution in [2.24, 2.45) is 5.41 Å². The summed E-state index contributed by atoms with van der Waals surface area (Å²) in [4.78, 5) is 27.4. The van der Waals surface area contributed by atoms with Gasteiger partial charge in [-0.25, -0.2) is 4.98 Å². The third-order valence-electron chi connectivity index (χ3n) is 3.50. The molecular weight excluding hydrogens is 254 g/mol. The molecule has 0 radical (unpaired) electrons. The first-order valence-electron chi connectivity index (χ1n) is 5.92. The highest BCUT2D eigenvalue weighted by Crippen LogP contribution is 2.37. The monoisotopic (exact) mass is 267 g/mol. The van der Waals surface area contributed by atoms with E-state index in [0.29, 0.717) is 18.0 Å². The van der Waals surface area contributed by atoms with Crippen molar-refractivity contribution in [1.82, 2.24) is 4.98 Å². The first-order valence-corrected chi connectivity index (χ1v) is 6.29. The van der Waals surface area contributed by atoms with E-state index in [1.54, 1.807) is 12.1 Å². The number of carbonyl (C=O) groups excluding carboxylic acids is 1. The van der Waals surface area contributed by atoms with E-state index >= 15 is 0 Å². The Morgan fingerprint density at radius 3 is 2.89 bits per heavy atom. The molecule has 4 nitrogen and oxygen atoms in total. The van der Waals surface area contributed by atoms with Gasteiger partial charge >= 0.3 is 5.97 Å². The second-order valence-corrected chi connectivity index (χ2v) is 5.07. The fourth-order valence-corrected chi connectivity index (χ4v) is 2.68. The smallest absolute Gasteiger partial charge is 0.317 e. The fourth-order valence-electron chi connectivity index (χ4n) is 2.48. The minimum atomic E-state index is -1.27. The predicted molar refractivity (Wildman–Crippen MR) is 66.5 cm³/mol. The number of aliphatic carboxylic acids is 1. The van der Waals surface area contributed by atoms with Crippen LogP contribution in [0.4, 0.5) is 0 Å². The highest BCUT2D eigenvalue weighted by atomic mass is 35.5. The van der Waals surface area contributed by atoms with Crippen LogP contribution in [0.15, 0.2) is 18.3 Å². The molecule has 0 bridgehead atoms. The van der Waals surface area contributed by atoms with Crippen LogP contribution >= 0.6 is 11.6 Å². The van der Waals surface area contributed by atoms with Gasteiger partial charge in [0.1, 0.15) is 10.6 Å². The third kappa shape index (κ3) is 2.38. The van der Waals surface area contributed by atoms with Crippen LogP contribution in [0.1, 0.15) is 31.2 Å². The largest absolute Gasteiger partial charge is 0.480 e. The summed E-state index contributed by atoms with van der Waals surface area (Å²) in [7, 11) is 0. The molecule has 1 N–H and O–H groups in total. The maximum absolute atomic E-state index is 12.0. The Hall–Kier alpha value is -1.42. The molecule has 0 aromatic carbocycles. The van der Waals surface area contributed by atoms with E-state index < -0.39 is 11.4 Å². The highest BCUT2D eigenvalue weighted by Gasteiger charge is 2.46. The van der Waals surface area contributed by atoms with Crippen molar-refractivity contribution in [3.63, 3.8) is 0 Å². The lowest BCUT2D eigenvalue weighted by Crippen LogP contribution is -2.43. The molecule has 1 unspecified atom stereocenters. The summed E-state index contributed by atoms with van der Waals surface area (Å²) in [5, 5.41) is 9.74. The normalized spacial score (nSPS) is 23.9. The van der Waals surface area contributed by atoms with E-state index in [4.69, 9.17) is 11.6 Å². The lowest BCUT2D eigenvalue weighted by atomic mass is 9.69. The molecule has 1 heterocycles. The summed E-state index contributed by atoms with van der Waals surface area (Å²) < 4.78 is 0. The van der Waals surface area contributed by atoms with Crippen molar-refractivity contribution < 1.29 is 14.7 Å². The first kappa shape index (κ1) is 13.0. The number of hydrogen-bond acceptors (Lipinski definition) is 3. The van der Waals surface area contributed by atoms with Crippen LogP contribution in [0.25, 0.3) is 0 Å². The molecule has 0 saturated heterocycles. The van der Waals surface area contributed by atoms with Gasteiger partial charge in [-0.3, -0.25) is 9.59 Å². The van der Waals surface area contributed by atoms with Crippen molar-refractivity contribution in [3.05, 3.63) is 29.0 Å². The molecule has 1 aromatic heterocycles. The average molecular weight is 268 g/mol. The predicted octanol–water partition coefficient (Wildman–Crippen LogP) is 2.49. The summed E-state index contributed by atoms with van der Waals surface area (Å²) in [6.45, 7) is 0. The van der Waals surface area contributed by atoms with Crippen LogP contribution in [0.5, 0.6) is 0 Å². The highest BCUT2D eigenvalue weighted by molar-refractivity contribution is 6.29. The van der Waals surface area contributed by atoms with Crippen LogP contribution < -0.4 is 0 Å². The molecule has 1 aromatic rings.